The van der Waals surface area contributed by atoms with Crippen molar-refractivity contribution in [3.05, 3.63) is 46.6 Å². The molecule has 0 spiro atoms. The van der Waals surface area contributed by atoms with Crippen LogP contribution >= 0.6 is 11.6 Å². The second-order valence-corrected chi connectivity index (χ2v) is 5.53. The number of aromatic hydroxyl groups is 1. The number of phenolic OH excluding ortho intramolecular Hbond substituents is 1. The molecule has 0 radical (unpaired) electrons. The summed E-state index contributed by atoms with van der Waals surface area (Å²) in [5.41, 5.74) is 2.20. The van der Waals surface area contributed by atoms with Gasteiger partial charge in [0.2, 0.25) is 11.8 Å². The molecule has 0 unspecified atom stereocenters. The van der Waals surface area contributed by atoms with Crippen LogP contribution in [0.4, 0.5) is 5.69 Å². The van der Waals surface area contributed by atoms with Crippen molar-refractivity contribution in [1.29, 1.82) is 0 Å². The smallest absolute Gasteiger partial charge is 0.238 e. The zero-order valence-electron chi connectivity index (χ0n) is 12.0. The molecule has 1 aliphatic rings. The number of fused-ring (bicyclic) bond motifs is 1. The number of nitrogens with zero attached hydrogens (tertiary/aromatic N) is 2. The first-order valence-corrected chi connectivity index (χ1v) is 7.30. The number of hydrogen-bond donors (Lipinski definition) is 1. The fourth-order valence-corrected chi connectivity index (χ4v) is 2.63. The van der Waals surface area contributed by atoms with E-state index in [-0.39, 0.29) is 18.1 Å². The highest BCUT2D eigenvalue weighted by atomic mass is 35.5. The molecule has 0 saturated heterocycles. The summed E-state index contributed by atoms with van der Waals surface area (Å²) in [4.78, 5) is 18.5. The Kier molecular flexibility index (Phi) is 3.90. The van der Waals surface area contributed by atoms with Gasteiger partial charge in [0.25, 0.3) is 0 Å². The van der Waals surface area contributed by atoms with Crippen LogP contribution in [-0.4, -0.2) is 29.1 Å². The topological polar surface area (TPSA) is 62.7 Å². The van der Waals surface area contributed by atoms with Crippen LogP contribution in [0.3, 0.4) is 0 Å². The quantitative estimate of drug-likeness (QED) is 0.924. The predicted octanol–water partition coefficient (Wildman–Crippen LogP) is 2.72. The number of anilines is 1. The van der Waals surface area contributed by atoms with Crippen LogP contribution in [0.2, 0.25) is 5.02 Å². The van der Waals surface area contributed by atoms with Crippen LogP contribution in [0.15, 0.2) is 30.3 Å². The van der Waals surface area contributed by atoms with Gasteiger partial charge >= 0.3 is 0 Å². The third-order valence-corrected chi connectivity index (χ3v) is 3.86. The van der Waals surface area contributed by atoms with E-state index in [1.165, 1.54) is 12.1 Å². The van der Waals surface area contributed by atoms with E-state index in [4.69, 9.17) is 16.3 Å². The van der Waals surface area contributed by atoms with Crippen molar-refractivity contribution in [2.24, 2.45) is 0 Å². The molecule has 2 heterocycles. The predicted molar refractivity (Wildman–Crippen MR) is 83.6 cm³/mol. The van der Waals surface area contributed by atoms with E-state index in [0.717, 1.165) is 5.69 Å². The van der Waals surface area contributed by atoms with Gasteiger partial charge < -0.3 is 14.7 Å². The monoisotopic (exact) mass is 318 g/mol. The van der Waals surface area contributed by atoms with Crippen molar-refractivity contribution in [1.82, 2.24) is 4.98 Å². The minimum Gasteiger partial charge on any atom is -0.508 e. The summed E-state index contributed by atoms with van der Waals surface area (Å²) >= 11 is 6.07. The molecule has 5 nitrogen and oxygen atoms in total. The van der Waals surface area contributed by atoms with E-state index in [9.17, 15) is 9.90 Å². The Morgan fingerprint density at radius 3 is 3.00 bits per heavy atom. The van der Waals surface area contributed by atoms with Crippen LogP contribution in [0.1, 0.15) is 11.3 Å². The van der Waals surface area contributed by atoms with Gasteiger partial charge in [-0.2, -0.15) is 0 Å². The summed E-state index contributed by atoms with van der Waals surface area (Å²) in [6.07, 6.45) is 0.159. The molecule has 0 bridgehead atoms. The van der Waals surface area contributed by atoms with Crippen molar-refractivity contribution < 1.29 is 14.6 Å². The molecule has 1 N–H and O–H groups in total. The molecule has 1 aliphatic heterocycles. The van der Waals surface area contributed by atoms with Crippen molar-refractivity contribution in [3.8, 4) is 11.6 Å². The van der Waals surface area contributed by atoms with E-state index in [1.807, 2.05) is 19.1 Å². The number of benzene rings is 1. The minimum absolute atomic E-state index is 0.0807. The fraction of sp³-hybridized carbons (Fsp3) is 0.250. The van der Waals surface area contributed by atoms with Crippen LogP contribution in [0.5, 0.6) is 11.6 Å². The Balaban J connectivity index is 1.85. The van der Waals surface area contributed by atoms with E-state index in [0.29, 0.717) is 35.3 Å². The van der Waals surface area contributed by atoms with Gasteiger partial charge in [0.1, 0.15) is 18.0 Å². The first-order chi connectivity index (χ1) is 10.5. The van der Waals surface area contributed by atoms with Crippen LogP contribution < -0.4 is 9.64 Å². The minimum atomic E-state index is -0.0807. The summed E-state index contributed by atoms with van der Waals surface area (Å²) in [5.74, 6) is 0.483. The average molecular weight is 319 g/mol. The molecule has 6 heteroatoms. The standard InChI is InChI=1S/C16H15ClN2O3/c1-10-2-5-14-16(18-10)22-7-6-19(14)15(21)8-11-3-4-12(20)9-13(11)17/h2-5,9,20H,6-8H2,1H3. The number of ether oxygens (including phenoxy) is 1. The number of carbonyl (C=O) groups excluding carboxylic acids is 1. The van der Waals surface area contributed by atoms with Gasteiger partial charge in [0.15, 0.2) is 0 Å². The maximum atomic E-state index is 12.6. The van der Waals surface area contributed by atoms with E-state index in [1.54, 1.807) is 11.0 Å². The second kappa shape index (κ2) is 5.85. The zero-order chi connectivity index (χ0) is 15.7. The van der Waals surface area contributed by atoms with Gasteiger partial charge in [0.05, 0.1) is 13.0 Å². The number of phenols is 1. The lowest BCUT2D eigenvalue weighted by Crippen LogP contribution is -2.39. The average Bonchev–Trinajstić information content (AvgIpc) is 2.49. The number of hydrogen-bond acceptors (Lipinski definition) is 4. The third kappa shape index (κ3) is 2.85. The third-order valence-electron chi connectivity index (χ3n) is 3.50. The molecule has 3 rings (SSSR count). The number of halogens is 1. The molecule has 0 atom stereocenters. The van der Waals surface area contributed by atoms with E-state index < -0.39 is 0 Å². The molecule has 1 aromatic carbocycles. The molecule has 1 amide bonds. The van der Waals surface area contributed by atoms with E-state index >= 15 is 0 Å². The molecule has 0 saturated carbocycles. The van der Waals surface area contributed by atoms with Gasteiger partial charge in [-0.3, -0.25) is 4.79 Å². The second-order valence-electron chi connectivity index (χ2n) is 5.12. The summed E-state index contributed by atoms with van der Waals surface area (Å²) in [6.45, 7) is 2.77. The Hall–Kier alpha value is -2.27. The Labute approximate surface area is 133 Å². The van der Waals surface area contributed by atoms with Crippen molar-refractivity contribution >= 4 is 23.2 Å². The molecule has 114 valence electrons. The first kappa shape index (κ1) is 14.7. The van der Waals surface area contributed by atoms with Gasteiger partial charge in [-0.15, -0.1) is 0 Å². The van der Waals surface area contributed by atoms with Crippen molar-refractivity contribution in [2.75, 3.05) is 18.1 Å². The number of rotatable bonds is 2. The fourth-order valence-electron chi connectivity index (χ4n) is 2.39. The summed E-state index contributed by atoms with van der Waals surface area (Å²) in [6, 6.07) is 8.30. The number of carbonyl (C=O) groups is 1. The molecule has 0 fully saturated rings. The van der Waals surface area contributed by atoms with Crippen LogP contribution in [-0.2, 0) is 11.2 Å². The maximum absolute atomic E-state index is 12.6. The zero-order valence-corrected chi connectivity index (χ0v) is 12.8. The first-order valence-electron chi connectivity index (χ1n) is 6.93. The molecule has 2 aromatic rings. The van der Waals surface area contributed by atoms with E-state index in [2.05, 4.69) is 4.98 Å². The molecule has 22 heavy (non-hydrogen) atoms. The van der Waals surface area contributed by atoms with Gasteiger partial charge in [0, 0.05) is 10.7 Å². The summed E-state index contributed by atoms with van der Waals surface area (Å²) < 4.78 is 5.51. The SMILES string of the molecule is Cc1ccc2c(n1)OCCN2C(=O)Cc1ccc(O)cc1Cl. The number of pyridine rings is 1. The molecular formula is C16H15ClN2O3. The maximum Gasteiger partial charge on any atom is 0.238 e. The lowest BCUT2D eigenvalue weighted by atomic mass is 10.1. The van der Waals surface area contributed by atoms with Gasteiger partial charge in [-0.25, -0.2) is 4.98 Å². The van der Waals surface area contributed by atoms with Gasteiger partial charge in [-0.1, -0.05) is 17.7 Å². The normalized spacial score (nSPS) is 13.5. The van der Waals surface area contributed by atoms with Crippen molar-refractivity contribution in [2.45, 2.75) is 13.3 Å². The lowest BCUT2D eigenvalue weighted by molar-refractivity contribution is -0.118. The Morgan fingerprint density at radius 1 is 1.41 bits per heavy atom. The molecule has 1 aromatic heterocycles. The lowest BCUT2D eigenvalue weighted by Gasteiger charge is -2.29. The summed E-state index contributed by atoms with van der Waals surface area (Å²) in [7, 11) is 0. The molecular weight excluding hydrogens is 304 g/mol. The number of aromatic nitrogens is 1. The Bertz CT molecular complexity index is 733. The highest BCUT2D eigenvalue weighted by Gasteiger charge is 2.25. The van der Waals surface area contributed by atoms with Crippen LogP contribution in [0.25, 0.3) is 0 Å². The number of aryl methyl sites for hydroxylation is 1. The highest BCUT2D eigenvalue weighted by Crippen LogP contribution is 2.31. The Morgan fingerprint density at radius 2 is 2.23 bits per heavy atom. The number of amides is 1. The van der Waals surface area contributed by atoms with Crippen LogP contribution in [0, 0.1) is 6.92 Å². The molecule has 0 aliphatic carbocycles. The summed E-state index contributed by atoms with van der Waals surface area (Å²) in [5, 5.41) is 9.75. The van der Waals surface area contributed by atoms with Crippen molar-refractivity contribution in [3.63, 3.8) is 0 Å². The van der Waals surface area contributed by atoms with Gasteiger partial charge in [-0.05, 0) is 36.8 Å². The highest BCUT2D eigenvalue weighted by molar-refractivity contribution is 6.31. The largest absolute Gasteiger partial charge is 0.508 e.